The first-order valence-corrected chi connectivity index (χ1v) is 13.4. The molecule has 0 N–H and O–H groups in total. The third-order valence-corrected chi connectivity index (χ3v) is 10.6. The van der Waals surface area contributed by atoms with E-state index in [2.05, 4.69) is 40.7 Å². The molecule has 0 aliphatic heterocycles. The molecule has 0 aromatic heterocycles. The van der Waals surface area contributed by atoms with E-state index in [0.29, 0.717) is 16.1 Å². The lowest BCUT2D eigenvalue weighted by molar-refractivity contribution is -0.162. The van der Waals surface area contributed by atoms with E-state index in [1.54, 1.807) is 5.57 Å². The van der Waals surface area contributed by atoms with Gasteiger partial charge in [0.2, 0.25) is 0 Å². The Morgan fingerprint density at radius 1 is 1.06 bits per heavy atom. The average Bonchev–Trinajstić information content (AvgIpc) is 3.05. The molecule has 8 unspecified atom stereocenters. The summed E-state index contributed by atoms with van der Waals surface area (Å²) in [5.74, 6) is 5.28. The second kappa shape index (κ2) is 9.11. The fraction of sp³-hybridized carbons (Fsp3) is 0.929. The third kappa shape index (κ3) is 4.41. The van der Waals surface area contributed by atoms with Crippen LogP contribution >= 0.6 is 0 Å². The molecule has 0 aromatic rings. The lowest BCUT2D eigenvalue weighted by Crippen LogP contribution is -2.51. The van der Waals surface area contributed by atoms with E-state index >= 15 is 0 Å². The van der Waals surface area contributed by atoms with E-state index < -0.39 is 0 Å². The highest BCUT2D eigenvalue weighted by atomic mass is 16.9. The Morgan fingerprint density at radius 3 is 2.55 bits per heavy atom. The Hall–Kier alpha value is -0.380. The highest BCUT2D eigenvalue weighted by Gasteiger charge is 2.59. The van der Waals surface area contributed by atoms with Crippen molar-refractivity contribution in [1.82, 2.24) is 5.23 Å². The van der Waals surface area contributed by atoms with Crippen LogP contribution in [-0.4, -0.2) is 18.4 Å². The van der Waals surface area contributed by atoms with Gasteiger partial charge in [0.1, 0.15) is 0 Å². The van der Waals surface area contributed by atoms with Crippen molar-refractivity contribution in [3.63, 3.8) is 0 Å². The SMILES string of the molecule is CC(C)CCCC(C)C1CCC2C3CC=C4CC(ON(C)[O-])CCC4(C)C3CCC12C. The molecule has 4 rings (SSSR count). The van der Waals surface area contributed by atoms with Crippen molar-refractivity contribution in [1.29, 1.82) is 0 Å². The molecule has 3 fully saturated rings. The molecule has 4 aliphatic rings. The van der Waals surface area contributed by atoms with Crippen LogP contribution in [0.4, 0.5) is 0 Å². The van der Waals surface area contributed by atoms with Crippen molar-refractivity contribution < 1.29 is 4.84 Å². The molecule has 8 atom stereocenters. The fourth-order valence-corrected chi connectivity index (χ4v) is 8.95. The zero-order valence-electron chi connectivity index (χ0n) is 21.2. The van der Waals surface area contributed by atoms with Gasteiger partial charge in [0, 0.05) is 0 Å². The molecule has 3 saturated carbocycles. The lowest BCUT2D eigenvalue weighted by atomic mass is 9.47. The van der Waals surface area contributed by atoms with Gasteiger partial charge in [0.05, 0.1) is 6.10 Å². The van der Waals surface area contributed by atoms with Gasteiger partial charge in [-0.05, 0) is 105 Å². The number of hydrogen-bond donors (Lipinski definition) is 0. The van der Waals surface area contributed by atoms with Gasteiger partial charge >= 0.3 is 0 Å². The number of fused-ring (bicyclic) bond motifs is 5. The van der Waals surface area contributed by atoms with Crippen LogP contribution in [0.2, 0.25) is 0 Å². The number of nitrogens with zero attached hydrogens (tertiary/aromatic N) is 1. The van der Waals surface area contributed by atoms with E-state index in [4.69, 9.17) is 4.84 Å². The minimum absolute atomic E-state index is 0.0785. The van der Waals surface area contributed by atoms with Gasteiger partial charge in [-0.25, -0.2) is 0 Å². The quantitative estimate of drug-likeness (QED) is 0.306. The largest absolute Gasteiger partial charge is 0.762 e. The Morgan fingerprint density at radius 2 is 1.84 bits per heavy atom. The van der Waals surface area contributed by atoms with E-state index in [9.17, 15) is 5.21 Å². The first-order valence-electron chi connectivity index (χ1n) is 13.4. The smallest absolute Gasteiger partial charge is 0.0818 e. The van der Waals surface area contributed by atoms with Crippen LogP contribution in [0, 0.1) is 51.5 Å². The standard InChI is InChI=1S/C28H48NO2/c1-19(2)8-7-9-20(3)24-12-13-25-23-11-10-21-18-22(31-29(6)30)14-16-27(21,4)26(23)15-17-28(24,25)5/h10,19-20,22-26H,7-9,11-18H2,1-6H3/q-1. The summed E-state index contributed by atoms with van der Waals surface area (Å²) in [6.07, 6.45) is 17.1. The Bertz CT molecular complexity index is 657. The Kier molecular flexibility index (Phi) is 6.98. The fourth-order valence-electron chi connectivity index (χ4n) is 8.95. The number of rotatable bonds is 7. The van der Waals surface area contributed by atoms with Crippen molar-refractivity contribution >= 4 is 0 Å². The molecule has 4 aliphatic carbocycles. The topological polar surface area (TPSA) is 35.5 Å². The van der Waals surface area contributed by atoms with Crippen molar-refractivity contribution in [3.8, 4) is 0 Å². The summed E-state index contributed by atoms with van der Waals surface area (Å²) in [5, 5.41) is 12.1. The predicted molar refractivity (Wildman–Crippen MR) is 129 cm³/mol. The normalized spacial score (nSPS) is 43.4. The molecule has 0 heterocycles. The van der Waals surface area contributed by atoms with Crippen molar-refractivity contribution in [3.05, 3.63) is 16.9 Å². The lowest BCUT2D eigenvalue weighted by Gasteiger charge is -2.58. The molecule has 3 heteroatoms. The third-order valence-electron chi connectivity index (χ3n) is 10.6. The molecule has 0 radical (unpaired) electrons. The Labute approximate surface area is 191 Å². The van der Waals surface area contributed by atoms with Gasteiger partial charge in [-0.15, -0.1) is 0 Å². The number of hydrogen-bond acceptors (Lipinski definition) is 3. The highest BCUT2D eigenvalue weighted by molar-refractivity contribution is 5.25. The van der Waals surface area contributed by atoms with E-state index in [-0.39, 0.29) is 6.10 Å². The summed E-state index contributed by atoms with van der Waals surface area (Å²) in [4.78, 5) is 5.53. The molecule has 0 aromatic carbocycles. The minimum Gasteiger partial charge on any atom is -0.762 e. The highest BCUT2D eigenvalue weighted by Crippen LogP contribution is 2.67. The van der Waals surface area contributed by atoms with Crippen LogP contribution in [0.1, 0.15) is 105 Å². The summed E-state index contributed by atoms with van der Waals surface area (Å²) in [7, 11) is 1.47. The Balaban J connectivity index is 1.46. The van der Waals surface area contributed by atoms with Crippen LogP contribution in [-0.2, 0) is 4.84 Å². The van der Waals surface area contributed by atoms with Crippen LogP contribution in [0.15, 0.2) is 11.6 Å². The van der Waals surface area contributed by atoms with Gasteiger partial charge in [-0.3, -0.25) is 5.23 Å². The van der Waals surface area contributed by atoms with Crippen LogP contribution in [0.5, 0.6) is 0 Å². The van der Waals surface area contributed by atoms with Crippen molar-refractivity contribution in [2.24, 2.45) is 46.3 Å². The van der Waals surface area contributed by atoms with Crippen LogP contribution < -0.4 is 0 Å². The van der Waals surface area contributed by atoms with Gasteiger partial charge in [0.25, 0.3) is 0 Å². The summed E-state index contributed by atoms with van der Waals surface area (Å²) in [5.41, 5.74) is 2.50. The predicted octanol–water partition coefficient (Wildman–Crippen LogP) is 7.76. The van der Waals surface area contributed by atoms with Gasteiger partial charge in [0.15, 0.2) is 0 Å². The van der Waals surface area contributed by atoms with E-state index in [0.717, 1.165) is 48.3 Å². The minimum atomic E-state index is 0.0785. The van der Waals surface area contributed by atoms with Crippen molar-refractivity contribution in [2.75, 3.05) is 7.05 Å². The number of hydroxylamine groups is 2. The average molecular weight is 431 g/mol. The van der Waals surface area contributed by atoms with Gasteiger partial charge in [-0.2, -0.15) is 0 Å². The maximum Gasteiger partial charge on any atom is 0.0818 e. The van der Waals surface area contributed by atoms with Crippen molar-refractivity contribution in [2.45, 2.75) is 111 Å². The summed E-state index contributed by atoms with van der Waals surface area (Å²) >= 11 is 0. The van der Waals surface area contributed by atoms with Gasteiger partial charge < -0.3 is 10.0 Å². The number of allylic oxidation sites excluding steroid dienone is 1. The van der Waals surface area contributed by atoms with Crippen LogP contribution in [0.25, 0.3) is 0 Å². The molecule has 3 nitrogen and oxygen atoms in total. The summed E-state index contributed by atoms with van der Waals surface area (Å²) < 4.78 is 0. The van der Waals surface area contributed by atoms with Crippen LogP contribution in [0.3, 0.4) is 0 Å². The molecule has 0 saturated heterocycles. The summed E-state index contributed by atoms with van der Waals surface area (Å²) in [6, 6.07) is 0. The zero-order chi connectivity index (χ0) is 22.4. The van der Waals surface area contributed by atoms with Gasteiger partial charge in [-0.1, -0.05) is 65.5 Å². The summed E-state index contributed by atoms with van der Waals surface area (Å²) in [6.45, 7) is 12.5. The maximum atomic E-state index is 11.4. The first-order chi connectivity index (χ1) is 14.6. The van der Waals surface area contributed by atoms with E-state index in [1.807, 2.05) is 0 Å². The molecule has 0 amide bonds. The maximum absolute atomic E-state index is 11.4. The second-order valence-electron chi connectivity index (χ2n) is 12.7. The first kappa shape index (κ1) is 23.8. The monoisotopic (exact) mass is 430 g/mol. The molecular formula is C28H48NO2-. The molecule has 0 bridgehead atoms. The molecule has 0 spiro atoms. The molecule has 178 valence electrons. The second-order valence-corrected chi connectivity index (χ2v) is 12.7. The molecule has 31 heavy (non-hydrogen) atoms. The van der Waals surface area contributed by atoms with E-state index in [1.165, 1.54) is 64.8 Å². The molecular weight excluding hydrogens is 382 g/mol. The zero-order valence-corrected chi connectivity index (χ0v) is 21.2.